The number of Topliss-reactive ketones (excluding diaryl/α,β-unsaturated/α-hetero) is 1. The molecule has 1 aromatic rings. The lowest BCUT2D eigenvalue weighted by Crippen LogP contribution is -2.57. The van der Waals surface area contributed by atoms with E-state index in [-0.39, 0.29) is 35.7 Å². The van der Waals surface area contributed by atoms with Crippen molar-refractivity contribution < 1.29 is 62.4 Å². The van der Waals surface area contributed by atoms with Gasteiger partial charge >= 0.3 is 0 Å². The van der Waals surface area contributed by atoms with Crippen LogP contribution in [0, 0.1) is 24.2 Å². The summed E-state index contributed by atoms with van der Waals surface area (Å²) in [6.07, 6.45) is 0.130. The number of rotatable bonds is 9. The molecule has 3 aliphatic carbocycles. The zero-order chi connectivity index (χ0) is 37.8. The van der Waals surface area contributed by atoms with Crippen molar-refractivity contribution in [1.29, 1.82) is 0 Å². The van der Waals surface area contributed by atoms with Crippen molar-refractivity contribution in [3.8, 4) is 0 Å². The predicted molar refractivity (Wildman–Crippen MR) is 189 cm³/mol. The molecule has 13 heteroatoms. The maximum Gasteiger partial charge on any atom is 0.161 e. The Bertz CT molecular complexity index is 1430. The van der Waals surface area contributed by atoms with Crippen LogP contribution < -0.4 is 0 Å². The SMILES string of the molecule is CO[C@H]1C[C@H](O[C@@H]2CC3=CC[C@H]4C(=O)[C@@H](c5ccoc5C)CC[C@@H]4[C@@]3(C)C[C@H]2O)O[C@H](C)[C@H]1O[C@H]1C[C@H](O)[C@H](O[C@H]2C[C@@H](OC)[C@@H](O)[C@H](C)O2)[C@@H](C)O1. The summed E-state index contributed by atoms with van der Waals surface area (Å²) in [5, 5.41) is 33.0. The molecule has 7 rings (SSSR count). The Morgan fingerprint density at radius 1 is 0.792 bits per heavy atom. The summed E-state index contributed by atoms with van der Waals surface area (Å²) in [6.45, 7) is 9.63. The van der Waals surface area contributed by atoms with Gasteiger partial charge in [0.15, 0.2) is 18.9 Å². The van der Waals surface area contributed by atoms with Crippen molar-refractivity contribution in [3.63, 3.8) is 0 Å². The van der Waals surface area contributed by atoms with Crippen LogP contribution in [0.4, 0.5) is 0 Å². The number of aliphatic hydroxyl groups is 3. The van der Waals surface area contributed by atoms with E-state index in [1.807, 2.05) is 26.8 Å². The molecule has 5 fully saturated rings. The molecule has 2 saturated carbocycles. The van der Waals surface area contributed by atoms with Crippen LogP contribution >= 0.6 is 0 Å². The molecule has 4 heterocycles. The molecule has 1 aromatic heterocycles. The van der Waals surface area contributed by atoms with Crippen molar-refractivity contribution >= 4 is 5.78 Å². The molecule has 3 saturated heterocycles. The van der Waals surface area contributed by atoms with Crippen molar-refractivity contribution in [3.05, 3.63) is 35.3 Å². The van der Waals surface area contributed by atoms with Crippen LogP contribution in [-0.4, -0.2) is 121 Å². The van der Waals surface area contributed by atoms with Crippen LogP contribution in [0.2, 0.25) is 0 Å². The highest BCUT2D eigenvalue weighted by Crippen LogP contribution is 2.58. The first-order chi connectivity index (χ1) is 25.3. The smallest absolute Gasteiger partial charge is 0.161 e. The third kappa shape index (κ3) is 7.70. The van der Waals surface area contributed by atoms with Gasteiger partial charge in [0.1, 0.15) is 29.9 Å². The summed E-state index contributed by atoms with van der Waals surface area (Å²) < 4.78 is 54.3. The van der Waals surface area contributed by atoms with Crippen molar-refractivity contribution in [1.82, 2.24) is 0 Å². The second-order valence-electron chi connectivity index (χ2n) is 16.5. The monoisotopic (exact) mass is 748 g/mol. The van der Waals surface area contributed by atoms with Gasteiger partial charge in [0.2, 0.25) is 0 Å². The average Bonchev–Trinajstić information content (AvgIpc) is 3.54. The summed E-state index contributed by atoms with van der Waals surface area (Å²) in [6, 6.07) is 1.94. The van der Waals surface area contributed by atoms with E-state index in [4.69, 9.17) is 42.3 Å². The first kappa shape index (κ1) is 39.5. The molecule has 18 atom stereocenters. The average molecular weight is 749 g/mol. The quantitative estimate of drug-likeness (QED) is 0.310. The van der Waals surface area contributed by atoms with E-state index in [1.54, 1.807) is 27.4 Å². The van der Waals surface area contributed by atoms with Crippen LogP contribution in [0.3, 0.4) is 0 Å². The molecule has 3 aliphatic heterocycles. The minimum atomic E-state index is -0.885. The van der Waals surface area contributed by atoms with E-state index in [0.29, 0.717) is 37.9 Å². The number of aliphatic hydroxyl groups excluding tert-OH is 3. The Morgan fingerprint density at radius 2 is 1.43 bits per heavy atom. The fraction of sp³-hybridized carbons (Fsp3) is 0.825. The van der Waals surface area contributed by atoms with Gasteiger partial charge in [0.25, 0.3) is 0 Å². The lowest BCUT2D eigenvalue weighted by molar-refractivity contribution is -0.338. The topological polar surface area (TPSA) is 165 Å². The van der Waals surface area contributed by atoms with Crippen molar-refractivity contribution in [2.75, 3.05) is 14.2 Å². The Balaban J connectivity index is 0.932. The van der Waals surface area contributed by atoms with Gasteiger partial charge < -0.3 is 57.6 Å². The van der Waals surface area contributed by atoms with E-state index in [9.17, 15) is 20.1 Å². The van der Waals surface area contributed by atoms with Gasteiger partial charge in [-0.15, -0.1) is 0 Å². The molecule has 0 unspecified atom stereocenters. The van der Waals surface area contributed by atoms with Gasteiger partial charge in [-0.2, -0.15) is 0 Å². The van der Waals surface area contributed by atoms with E-state index >= 15 is 0 Å². The summed E-state index contributed by atoms with van der Waals surface area (Å²) in [5.74, 6) is 1.11. The zero-order valence-electron chi connectivity index (χ0n) is 32.1. The molecule has 0 radical (unpaired) electrons. The molecule has 298 valence electrons. The maximum absolute atomic E-state index is 13.8. The Hall–Kier alpha value is -1.75. The third-order valence-corrected chi connectivity index (χ3v) is 13.4. The molecular formula is C40H60O13. The Morgan fingerprint density at radius 3 is 2.11 bits per heavy atom. The standard InChI is InChI=1S/C40H60O13/c1-19-24(12-13-47-19)25-10-11-27-26(37(25)44)9-8-23-14-30(29(42)18-40(23,27)5)51-34-17-32(46-7)39(22(4)50-34)53-33-15-28(41)38(21(3)49-33)52-35-16-31(45-6)36(43)20(2)48-35/h8,12-13,20-22,25-36,38-39,41-43H,9-11,14-18H2,1-7H3/t20-,21+,22+,25+,26+,27-,28-,29+,30+,31+,32-,33-,34-,35-,36-,38+,39+,40-/m0/s1. The van der Waals surface area contributed by atoms with E-state index in [2.05, 4.69) is 13.0 Å². The maximum atomic E-state index is 13.8. The number of methoxy groups -OCH3 is 2. The number of hydrogen-bond donors (Lipinski definition) is 3. The number of carbonyl (C=O) groups is 1. The lowest BCUT2D eigenvalue weighted by Gasteiger charge is -2.54. The van der Waals surface area contributed by atoms with Gasteiger partial charge in [0, 0.05) is 50.9 Å². The van der Waals surface area contributed by atoms with Gasteiger partial charge in [-0.1, -0.05) is 18.6 Å². The second kappa shape index (κ2) is 16.0. The highest BCUT2D eigenvalue weighted by atomic mass is 16.7. The molecule has 0 bridgehead atoms. The molecule has 6 aliphatic rings. The van der Waals surface area contributed by atoms with Crippen LogP contribution in [-0.2, 0) is 42.7 Å². The first-order valence-corrected chi connectivity index (χ1v) is 19.6. The molecule has 0 amide bonds. The zero-order valence-corrected chi connectivity index (χ0v) is 32.1. The van der Waals surface area contributed by atoms with Crippen molar-refractivity contribution in [2.45, 2.75) is 178 Å². The summed E-state index contributed by atoms with van der Waals surface area (Å²) >= 11 is 0. The number of carbonyl (C=O) groups excluding carboxylic acids is 1. The minimum Gasteiger partial charge on any atom is -0.469 e. The molecule has 3 N–H and O–H groups in total. The number of hydrogen-bond acceptors (Lipinski definition) is 13. The number of ether oxygens (including phenoxy) is 8. The second-order valence-corrected chi connectivity index (χ2v) is 16.5. The minimum absolute atomic E-state index is 0.0626. The Labute approximate surface area is 312 Å². The first-order valence-electron chi connectivity index (χ1n) is 19.6. The summed E-state index contributed by atoms with van der Waals surface area (Å²) in [7, 11) is 3.17. The summed E-state index contributed by atoms with van der Waals surface area (Å²) in [5.41, 5.74) is 2.00. The van der Waals surface area contributed by atoms with Crippen LogP contribution in [0.15, 0.2) is 28.4 Å². The number of furan rings is 1. The molecule has 13 nitrogen and oxygen atoms in total. The molecule has 0 spiro atoms. The van der Waals surface area contributed by atoms with Gasteiger partial charge in [-0.25, -0.2) is 0 Å². The fourth-order valence-corrected chi connectivity index (χ4v) is 10.3. The Kier molecular flexibility index (Phi) is 11.9. The molecule has 0 aromatic carbocycles. The van der Waals surface area contributed by atoms with Gasteiger partial charge in [-0.3, -0.25) is 4.79 Å². The number of fused-ring (bicyclic) bond motifs is 3. The highest BCUT2D eigenvalue weighted by Gasteiger charge is 2.55. The fourth-order valence-electron chi connectivity index (χ4n) is 10.3. The van der Waals surface area contributed by atoms with Crippen LogP contribution in [0.25, 0.3) is 0 Å². The number of allylic oxidation sites excluding steroid dienone is 1. The van der Waals surface area contributed by atoms with E-state index in [0.717, 1.165) is 24.2 Å². The van der Waals surface area contributed by atoms with Crippen molar-refractivity contribution in [2.24, 2.45) is 17.3 Å². The molecule has 53 heavy (non-hydrogen) atoms. The third-order valence-electron chi connectivity index (χ3n) is 13.4. The number of aryl methyl sites for hydroxylation is 1. The van der Waals surface area contributed by atoms with E-state index in [1.165, 1.54) is 5.57 Å². The van der Waals surface area contributed by atoms with Gasteiger partial charge in [-0.05, 0) is 77.2 Å². The van der Waals surface area contributed by atoms with Gasteiger partial charge in [0.05, 0.1) is 55.1 Å². The highest BCUT2D eigenvalue weighted by molar-refractivity contribution is 5.89. The predicted octanol–water partition coefficient (Wildman–Crippen LogP) is 4.07. The van der Waals surface area contributed by atoms with Crippen LogP contribution in [0.5, 0.6) is 0 Å². The summed E-state index contributed by atoms with van der Waals surface area (Å²) in [4.78, 5) is 13.8. The molecular weight excluding hydrogens is 688 g/mol. The largest absolute Gasteiger partial charge is 0.469 e. The lowest BCUT2D eigenvalue weighted by atomic mass is 9.51. The van der Waals surface area contributed by atoms with E-state index < -0.39 is 79.9 Å². The number of ketones is 1. The van der Waals surface area contributed by atoms with Crippen LogP contribution in [0.1, 0.15) is 96.3 Å². The normalized spacial score (nSPS) is 47.8.